The van der Waals surface area contributed by atoms with Gasteiger partial charge in [0.05, 0.1) is 13.2 Å². The molecule has 4 atom stereocenters. The van der Waals surface area contributed by atoms with E-state index in [0.29, 0.717) is 12.0 Å². The summed E-state index contributed by atoms with van der Waals surface area (Å²) in [6.45, 7) is 10.8. The monoisotopic (exact) mass is 282 g/mol. The van der Waals surface area contributed by atoms with Crippen molar-refractivity contribution in [3.8, 4) is 0 Å². The number of ether oxygens (including phenoxy) is 1. The Morgan fingerprint density at radius 3 is 2.55 bits per heavy atom. The van der Waals surface area contributed by atoms with Gasteiger partial charge in [0.25, 0.3) is 0 Å². The van der Waals surface area contributed by atoms with Gasteiger partial charge in [-0.1, -0.05) is 33.1 Å². The Hall–Kier alpha value is -0.120. The summed E-state index contributed by atoms with van der Waals surface area (Å²) in [7, 11) is 0. The van der Waals surface area contributed by atoms with Crippen molar-refractivity contribution in [2.45, 2.75) is 70.9 Å². The summed E-state index contributed by atoms with van der Waals surface area (Å²) in [6.07, 6.45) is 7.93. The maximum absolute atomic E-state index is 6.80. The fraction of sp³-hybridized carbons (Fsp3) is 1.00. The molecule has 3 nitrogen and oxygen atoms in total. The molecule has 1 heterocycles. The topological polar surface area (TPSA) is 38.5 Å². The normalized spacial score (nSPS) is 33.6. The second kappa shape index (κ2) is 7.24. The van der Waals surface area contributed by atoms with E-state index in [1.165, 1.54) is 32.1 Å². The van der Waals surface area contributed by atoms with Crippen LogP contribution in [0, 0.1) is 11.8 Å². The van der Waals surface area contributed by atoms with Crippen molar-refractivity contribution >= 4 is 0 Å². The molecule has 0 radical (unpaired) electrons. The van der Waals surface area contributed by atoms with Crippen molar-refractivity contribution in [1.29, 1.82) is 0 Å². The van der Waals surface area contributed by atoms with Crippen LogP contribution in [0.15, 0.2) is 0 Å². The van der Waals surface area contributed by atoms with Crippen molar-refractivity contribution < 1.29 is 4.74 Å². The summed E-state index contributed by atoms with van der Waals surface area (Å²) in [5.41, 5.74) is 6.95. The van der Waals surface area contributed by atoms with Gasteiger partial charge in [0.15, 0.2) is 0 Å². The number of morpholine rings is 1. The molecule has 20 heavy (non-hydrogen) atoms. The Morgan fingerprint density at radius 1 is 1.25 bits per heavy atom. The number of nitrogens with two attached hydrogens (primary N) is 1. The molecule has 3 heteroatoms. The van der Waals surface area contributed by atoms with E-state index in [0.717, 1.165) is 38.6 Å². The van der Waals surface area contributed by atoms with Gasteiger partial charge in [-0.3, -0.25) is 4.90 Å². The summed E-state index contributed by atoms with van der Waals surface area (Å²) >= 11 is 0. The first kappa shape index (κ1) is 16.3. The molecule has 1 saturated heterocycles. The molecule has 1 aliphatic heterocycles. The van der Waals surface area contributed by atoms with Gasteiger partial charge in [0, 0.05) is 24.7 Å². The van der Waals surface area contributed by atoms with E-state index >= 15 is 0 Å². The highest BCUT2D eigenvalue weighted by molar-refractivity contribution is 4.99. The van der Waals surface area contributed by atoms with Crippen LogP contribution in [0.4, 0.5) is 0 Å². The van der Waals surface area contributed by atoms with Gasteiger partial charge in [-0.2, -0.15) is 0 Å². The van der Waals surface area contributed by atoms with Crippen molar-refractivity contribution in [3.63, 3.8) is 0 Å². The average molecular weight is 282 g/mol. The van der Waals surface area contributed by atoms with Gasteiger partial charge in [0.1, 0.15) is 0 Å². The highest BCUT2D eigenvalue weighted by Gasteiger charge is 2.41. The fourth-order valence-corrected chi connectivity index (χ4v) is 4.28. The van der Waals surface area contributed by atoms with E-state index in [2.05, 4.69) is 25.7 Å². The molecule has 1 aliphatic carbocycles. The predicted octanol–water partition coefficient (Wildman–Crippen LogP) is 3.03. The minimum Gasteiger partial charge on any atom is -0.379 e. The highest BCUT2D eigenvalue weighted by atomic mass is 16.5. The van der Waals surface area contributed by atoms with Gasteiger partial charge in [0.2, 0.25) is 0 Å². The van der Waals surface area contributed by atoms with Crippen molar-refractivity contribution in [3.05, 3.63) is 0 Å². The van der Waals surface area contributed by atoms with Crippen LogP contribution in [-0.2, 0) is 4.74 Å². The molecule has 0 aromatic heterocycles. The van der Waals surface area contributed by atoms with Crippen LogP contribution in [0.5, 0.6) is 0 Å². The largest absolute Gasteiger partial charge is 0.379 e. The Morgan fingerprint density at radius 2 is 1.95 bits per heavy atom. The van der Waals surface area contributed by atoms with Crippen LogP contribution in [-0.4, -0.2) is 42.8 Å². The number of rotatable bonds is 5. The van der Waals surface area contributed by atoms with Gasteiger partial charge >= 0.3 is 0 Å². The summed E-state index contributed by atoms with van der Waals surface area (Å²) < 4.78 is 5.52. The highest BCUT2D eigenvalue weighted by Crippen LogP contribution is 2.38. The Balaban J connectivity index is 2.04. The van der Waals surface area contributed by atoms with Crippen molar-refractivity contribution in [2.24, 2.45) is 17.6 Å². The maximum Gasteiger partial charge on any atom is 0.0594 e. The quantitative estimate of drug-likeness (QED) is 0.842. The zero-order valence-corrected chi connectivity index (χ0v) is 13.7. The number of nitrogens with zero attached hydrogens (tertiary/aromatic N) is 1. The molecule has 0 amide bonds. The molecule has 0 bridgehead atoms. The minimum atomic E-state index is 0.143. The Kier molecular flexibility index (Phi) is 5.88. The fourth-order valence-electron chi connectivity index (χ4n) is 4.28. The lowest BCUT2D eigenvalue weighted by atomic mass is 9.70. The van der Waals surface area contributed by atoms with Crippen LogP contribution in [0.3, 0.4) is 0 Å². The molecule has 118 valence electrons. The van der Waals surface area contributed by atoms with E-state index in [4.69, 9.17) is 10.5 Å². The van der Waals surface area contributed by atoms with E-state index in [9.17, 15) is 0 Å². The van der Waals surface area contributed by atoms with Crippen LogP contribution in [0.25, 0.3) is 0 Å². The lowest BCUT2D eigenvalue weighted by Crippen LogP contribution is -2.63. The predicted molar refractivity (Wildman–Crippen MR) is 84.8 cm³/mol. The zero-order chi connectivity index (χ0) is 14.6. The van der Waals surface area contributed by atoms with E-state index in [-0.39, 0.29) is 5.54 Å². The molecule has 4 unspecified atom stereocenters. The molecule has 2 fully saturated rings. The van der Waals surface area contributed by atoms with Crippen LogP contribution in [0.1, 0.15) is 59.3 Å². The van der Waals surface area contributed by atoms with Gasteiger partial charge in [-0.15, -0.1) is 0 Å². The first-order valence-electron chi connectivity index (χ1n) is 8.70. The maximum atomic E-state index is 6.80. The molecular weight excluding hydrogens is 248 g/mol. The molecule has 1 saturated carbocycles. The second-order valence-electron chi connectivity index (χ2n) is 7.04. The van der Waals surface area contributed by atoms with Crippen LogP contribution in [0.2, 0.25) is 0 Å². The molecule has 0 aromatic carbocycles. The number of hydrogen-bond donors (Lipinski definition) is 1. The summed E-state index contributed by atoms with van der Waals surface area (Å²) in [5, 5.41) is 0. The van der Waals surface area contributed by atoms with Gasteiger partial charge in [-0.05, 0) is 38.0 Å². The third-order valence-corrected chi connectivity index (χ3v) is 6.08. The van der Waals surface area contributed by atoms with E-state index < -0.39 is 0 Å². The first-order chi connectivity index (χ1) is 9.61. The first-order valence-corrected chi connectivity index (χ1v) is 8.70. The smallest absolute Gasteiger partial charge is 0.0594 e. The Labute approximate surface area is 125 Å². The summed E-state index contributed by atoms with van der Waals surface area (Å²) in [4.78, 5) is 2.59. The second-order valence-corrected chi connectivity index (χ2v) is 7.04. The van der Waals surface area contributed by atoms with Crippen molar-refractivity contribution in [2.75, 3.05) is 26.3 Å². The minimum absolute atomic E-state index is 0.143. The summed E-state index contributed by atoms with van der Waals surface area (Å²) in [5.74, 6) is 1.62. The standard InChI is InChI=1S/C17H34N2O/c1-4-14-7-6-8-15(13-14)16(18)17(3,5-2)19-9-11-20-12-10-19/h14-16H,4-13,18H2,1-3H3. The third-order valence-electron chi connectivity index (χ3n) is 6.08. The lowest BCUT2D eigenvalue weighted by molar-refractivity contribution is -0.0387. The van der Waals surface area contributed by atoms with E-state index in [1.54, 1.807) is 0 Å². The Bertz CT molecular complexity index is 291. The lowest BCUT2D eigenvalue weighted by Gasteiger charge is -2.50. The molecular formula is C17H34N2O. The zero-order valence-electron chi connectivity index (χ0n) is 13.7. The van der Waals surface area contributed by atoms with Gasteiger partial charge < -0.3 is 10.5 Å². The molecule has 2 N–H and O–H groups in total. The van der Waals surface area contributed by atoms with Crippen molar-refractivity contribution in [1.82, 2.24) is 4.90 Å². The summed E-state index contributed by atoms with van der Waals surface area (Å²) in [6, 6.07) is 0.306. The molecule has 0 aromatic rings. The molecule has 0 spiro atoms. The third kappa shape index (κ3) is 3.37. The SMILES string of the molecule is CCC1CCCC(C(N)C(C)(CC)N2CCOCC2)C1. The number of hydrogen-bond acceptors (Lipinski definition) is 3. The molecule has 2 aliphatic rings. The van der Waals surface area contributed by atoms with Crippen LogP contribution >= 0.6 is 0 Å². The van der Waals surface area contributed by atoms with Crippen LogP contribution < -0.4 is 5.73 Å². The van der Waals surface area contributed by atoms with E-state index in [1.807, 2.05) is 0 Å². The van der Waals surface area contributed by atoms with Gasteiger partial charge in [-0.25, -0.2) is 0 Å². The average Bonchev–Trinajstić information content (AvgIpc) is 2.54. The molecule has 2 rings (SSSR count).